The van der Waals surface area contributed by atoms with Crippen LogP contribution < -0.4 is 20.7 Å². The van der Waals surface area contributed by atoms with E-state index in [1.165, 1.54) is 0 Å². The molecule has 0 unspecified atom stereocenters. The Hall–Kier alpha value is -2.97. The molecule has 3 N–H and O–H groups in total. The van der Waals surface area contributed by atoms with Crippen molar-refractivity contribution in [1.29, 1.82) is 0 Å². The maximum Gasteiger partial charge on any atom is 0.257 e. The second-order valence-electron chi connectivity index (χ2n) is 6.43. The van der Waals surface area contributed by atoms with Gasteiger partial charge in [0.2, 0.25) is 0 Å². The van der Waals surface area contributed by atoms with Crippen molar-refractivity contribution in [3.8, 4) is 5.75 Å². The lowest BCUT2D eigenvalue weighted by Crippen LogP contribution is -2.35. The summed E-state index contributed by atoms with van der Waals surface area (Å²) in [6.07, 6.45) is 1.98. The molecule has 0 radical (unpaired) electrons. The van der Waals surface area contributed by atoms with Crippen LogP contribution in [0.4, 0.5) is 5.69 Å². The quantitative estimate of drug-likeness (QED) is 0.396. The lowest BCUT2D eigenvalue weighted by atomic mass is 10.1. The molecule has 2 rings (SSSR count). The van der Waals surface area contributed by atoms with Crippen LogP contribution in [-0.2, 0) is 4.74 Å². The van der Waals surface area contributed by atoms with Crippen LogP contribution in [0.1, 0.15) is 40.5 Å². The highest BCUT2D eigenvalue weighted by Crippen LogP contribution is 2.16. The number of methoxy groups -OCH3 is 1. The number of carbonyl (C=O) groups is 2. The van der Waals surface area contributed by atoms with Gasteiger partial charge in [-0.3, -0.25) is 14.9 Å². The van der Waals surface area contributed by atoms with Crippen LogP contribution in [0.3, 0.4) is 0 Å². The van der Waals surface area contributed by atoms with Gasteiger partial charge in [0, 0.05) is 19.2 Å². The monoisotopic (exact) mass is 429 g/mol. The van der Waals surface area contributed by atoms with Crippen molar-refractivity contribution in [2.45, 2.75) is 19.8 Å². The molecular formula is C22H27N3O4S. The summed E-state index contributed by atoms with van der Waals surface area (Å²) in [5, 5.41) is 8.40. The normalized spacial score (nSPS) is 10.2. The van der Waals surface area contributed by atoms with E-state index in [0.717, 1.165) is 12.8 Å². The van der Waals surface area contributed by atoms with E-state index >= 15 is 0 Å². The van der Waals surface area contributed by atoms with Crippen LogP contribution in [0.2, 0.25) is 0 Å². The first-order valence-electron chi connectivity index (χ1n) is 9.76. The Kier molecular flexibility index (Phi) is 9.76. The van der Waals surface area contributed by atoms with E-state index in [0.29, 0.717) is 42.3 Å². The van der Waals surface area contributed by atoms with E-state index in [2.05, 4.69) is 22.9 Å². The number of unbranched alkanes of at least 4 members (excludes halogenated alkanes) is 1. The number of carbonyl (C=O) groups excluding carboxylic acids is 2. The van der Waals surface area contributed by atoms with Gasteiger partial charge in [0.15, 0.2) is 5.11 Å². The molecular weight excluding hydrogens is 402 g/mol. The first-order chi connectivity index (χ1) is 14.5. The number of rotatable bonds is 10. The lowest BCUT2D eigenvalue weighted by Gasteiger charge is -2.14. The molecule has 8 heteroatoms. The van der Waals surface area contributed by atoms with Crippen molar-refractivity contribution in [2.24, 2.45) is 0 Å². The minimum absolute atomic E-state index is 0.0921. The third-order valence-electron chi connectivity index (χ3n) is 4.10. The number of para-hydroxylation sites is 1. The molecule has 0 fully saturated rings. The van der Waals surface area contributed by atoms with E-state index < -0.39 is 0 Å². The Morgan fingerprint density at radius 3 is 2.60 bits per heavy atom. The topological polar surface area (TPSA) is 88.7 Å². The van der Waals surface area contributed by atoms with E-state index in [4.69, 9.17) is 21.7 Å². The number of benzene rings is 2. The minimum Gasteiger partial charge on any atom is -0.494 e. The number of thiocarbonyl (C=S) groups is 1. The molecule has 0 aliphatic rings. The first-order valence-corrected chi connectivity index (χ1v) is 10.2. The summed E-state index contributed by atoms with van der Waals surface area (Å²) in [5.74, 6) is 0.00438. The molecule has 7 nitrogen and oxygen atoms in total. The predicted octanol–water partition coefficient (Wildman–Crippen LogP) is 3.37. The van der Waals surface area contributed by atoms with Gasteiger partial charge in [0.1, 0.15) is 5.75 Å². The first kappa shape index (κ1) is 23.3. The summed E-state index contributed by atoms with van der Waals surface area (Å²) >= 11 is 5.26. The SMILES string of the molecule is CCCCOc1cccc(C(=O)NC(=S)Nc2ccccc2C(=O)NCCOC)c1. The highest BCUT2D eigenvalue weighted by molar-refractivity contribution is 7.80. The fourth-order valence-corrected chi connectivity index (χ4v) is 2.74. The second-order valence-corrected chi connectivity index (χ2v) is 6.84. The number of hydrogen-bond donors (Lipinski definition) is 3. The number of anilines is 1. The zero-order chi connectivity index (χ0) is 21.8. The maximum absolute atomic E-state index is 12.5. The molecule has 0 aliphatic carbocycles. The average Bonchev–Trinajstić information content (AvgIpc) is 2.74. The van der Waals surface area contributed by atoms with Gasteiger partial charge in [0.25, 0.3) is 11.8 Å². The van der Waals surface area contributed by atoms with Crippen molar-refractivity contribution in [2.75, 3.05) is 32.2 Å². The van der Waals surface area contributed by atoms with Gasteiger partial charge in [-0.25, -0.2) is 0 Å². The molecule has 0 atom stereocenters. The van der Waals surface area contributed by atoms with Gasteiger partial charge in [-0.05, 0) is 49.0 Å². The Balaban J connectivity index is 1.98. The molecule has 0 aromatic heterocycles. The number of ether oxygens (including phenoxy) is 2. The van der Waals surface area contributed by atoms with Gasteiger partial charge in [0.05, 0.1) is 24.5 Å². The summed E-state index contributed by atoms with van der Waals surface area (Å²) in [6, 6.07) is 13.8. The molecule has 2 amide bonds. The van der Waals surface area contributed by atoms with Gasteiger partial charge < -0.3 is 20.1 Å². The van der Waals surface area contributed by atoms with Crippen molar-refractivity contribution in [3.63, 3.8) is 0 Å². The molecule has 0 heterocycles. The number of hydrogen-bond acceptors (Lipinski definition) is 5. The van der Waals surface area contributed by atoms with Crippen molar-refractivity contribution < 1.29 is 19.1 Å². The Labute approximate surface area is 182 Å². The molecule has 0 saturated heterocycles. The zero-order valence-electron chi connectivity index (χ0n) is 17.2. The van der Waals surface area contributed by atoms with E-state index in [-0.39, 0.29) is 16.9 Å². The fraction of sp³-hybridized carbons (Fsp3) is 0.318. The summed E-state index contributed by atoms with van der Waals surface area (Å²) in [7, 11) is 1.57. The van der Waals surface area contributed by atoms with Crippen LogP contribution >= 0.6 is 12.2 Å². The fourth-order valence-electron chi connectivity index (χ4n) is 2.54. The zero-order valence-corrected chi connectivity index (χ0v) is 18.0. The Morgan fingerprint density at radius 2 is 1.83 bits per heavy atom. The van der Waals surface area contributed by atoms with E-state index in [9.17, 15) is 9.59 Å². The van der Waals surface area contributed by atoms with Crippen LogP contribution in [0.5, 0.6) is 5.75 Å². The van der Waals surface area contributed by atoms with Crippen molar-refractivity contribution in [1.82, 2.24) is 10.6 Å². The Morgan fingerprint density at radius 1 is 1.03 bits per heavy atom. The molecule has 0 spiro atoms. The van der Waals surface area contributed by atoms with Crippen LogP contribution in [0.25, 0.3) is 0 Å². The predicted molar refractivity (Wildman–Crippen MR) is 121 cm³/mol. The van der Waals surface area contributed by atoms with Gasteiger partial charge in [-0.1, -0.05) is 31.5 Å². The molecule has 2 aromatic rings. The van der Waals surface area contributed by atoms with Crippen molar-refractivity contribution >= 4 is 34.8 Å². The van der Waals surface area contributed by atoms with Crippen LogP contribution in [0.15, 0.2) is 48.5 Å². The second kappa shape index (κ2) is 12.6. The third-order valence-corrected chi connectivity index (χ3v) is 4.31. The number of amides is 2. The highest BCUT2D eigenvalue weighted by Gasteiger charge is 2.13. The molecule has 2 aromatic carbocycles. The summed E-state index contributed by atoms with van der Waals surface area (Å²) < 4.78 is 10.6. The molecule has 0 bridgehead atoms. The number of nitrogens with one attached hydrogen (secondary N) is 3. The summed E-state index contributed by atoms with van der Waals surface area (Å²) in [4.78, 5) is 24.9. The summed E-state index contributed by atoms with van der Waals surface area (Å²) in [6.45, 7) is 3.49. The van der Waals surface area contributed by atoms with Crippen LogP contribution in [0, 0.1) is 0 Å². The maximum atomic E-state index is 12.5. The van der Waals surface area contributed by atoms with Gasteiger partial charge >= 0.3 is 0 Å². The van der Waals surface area contributed by atoms with E-state index in [1.807, 2.05) is 0 Å². The minimum atomic E-state index is -0.365. The van der Waals surface area contributed by atoms with E-state index in [1.54, 1.807) is 55.6 Å². The molecule has 160 valence electrons. The van der Waals surface area contributed by atoms with Gasteiger partial charge in [-0.15, -0.1) is 0 Å². The van der Waals surface area contributed by atoms with Crippen molar-refractivity contribution in [3.05, 3.63) is 59.7 Å². The average molecular weight is 430 g/mol. The smallest absolute Gasteiger partial charge is 0.257 e. The molecule has 0 aliphatic heterocycles. The Bertz CT molecular complexity index is 873. The third kappa shape index (κ3) is 7.46. The molecule has 30 heavy (non-hydrogen) atoms. The van der Waals surface area contributed by atoms with Gasteiger partial charge in [-0.2, -0.15) is 0 Å². The largest absolute Gasteiger partial charge is 0.494 e. The van der Waals surface area contributed by atoms with Crippen LogP contribution in [-0.4, -0.2) is 43.8 Å². The molecule has 0 saturated carbocycles. The summed E-state index contributed by atoms with van der Waals surface area (Å²) in [5.41, 5.74) is 1.34. The highest BCUT2D eigenvalue weighted by atomic mass is 32.1. The lowest BCUT2D eigenvalue weighted by molar-refractivity contribution is 0.0937. The standard InChI is InChI=1S/C22H27N3O4S/c1-3-4-13-29-17-9-7-8-16(15-17)20(26)25-22(30)24-19-11-6-5-10-18(19)21(27)23-12-14-28-2/h5-11,15H,3-4,12-14H2,1-2H3,(H,23,27)(H2,24,25,26,30).